The highest BCUT2D eigenvalue weighted by Gasteiger charge is 2.18. The van der Waals surface area contributed by atoms with Crippen molar-refractivity contribution in [2.45, 2.75) is 6.04 Å². The zero-order valence-electron chi connectivity index (χ0n) is 14.0. The van der Waals surface area contributed by atoms with Crippen LogP contribution in [0, 0.1) is 11.6 Å². The lowest BCUT2D eigenvalue weighted by atomic mass is 9.99. The quantitative estimate of drug-likeness (QED) is 0.702. The van der Waals surface area contributed by atoms with Crippen molar-refractivity contribution in [2.24, 2.45) is 0 Å². The summed E-state index contributed by atoms with van der Waals surface area (Å²) in [6, 6.07) is 23.1. The summed E-state index contributed by atoms with van der Waals surface area (Å²) in [5.41, 5.74) is 2.40. The largest absolute Gasteiger partial charge is 0.328 e. The van der Waals surface area contributed by atoms with Crippen molar-refractivity contribution in [3.63, 3.8) is 0 Å². The van der Waals surface area contributed by atoms with Gasteiger partial charge in [0.1, 0.15) is 6.04 Å². The van der Waals surface area contributed by atoms with Crippen molar-refractivity contribution < 1.29 is 18.9 Å². The maximum absolute atomic E-state index is 13.3. The summed E-state index contributed by atoms with van der Waals surface area (Å²) < 4.78 is 26.2. The van der Waals surface area contributed by atoms with E-state index in [1.165, 1.54) is 6.07 Å². The Morgan fingerprint density at radius 3 is 1.96 bits per heavy atom. The minimum absolute atomic E-state index is 0.0342. The number of rotatable bonds is 6. The third-order valence-corrected chi connectivity index (χ3v) is 4.06. The monoisotopic (exact) mass is 353 g/mol. The number of hydrogen-bond acceptors (Lipinski definition) is 1. The molecule has 0 heterocycles. The smallest absolute Gasteiger partial charge is 0.279 e. The fourth-order valence-electron chi connectivity index (χ4n) is 2.80. The Kier molecular flexibility index (Phi) is 5.71. The predicted octanol–water partition coefficient (Wildman–Crippen LogP) is 3.26. The van der Waals surface area contributed by atoms with Crippen LogP contribution in [0.3, 0.4) is 0 Å². The molecule has 3 aromatic carbocycles. The second-order valence-corrected chi connectivity index (χ2v) is 5.92. The standard InChI is InChI=1S/C21H18F2N2O/c22-18-12-11-17(13-19(18)23)25-20(26)14-24-21(15-7-3-1-4-8-15)16-9-5-2-6-10-16/h1-13,21,24H,14H2,(H,25,26)/p+1. The lowest BCUT2D eigenvalue weighted by Crippen LogP contribution is -2.87. The van der Waals surface area contributed by atoms with Gasteiger partial charge in [-0.25, -0.2) is 8.78 Å². The van der Waals surface area contributed by atoms with Crippen LogP contribution < -0.4 is 10.6 Å². The number of halogens is 2. The van der Waals surface area contributed by atoms with Crippen LogP contribution in [0.2, 0.25) is 0 Å². The second-order valence-electron chi connectivity index (χ2n) is 5.92. The summed E-state index contributed by atoms with van der Waals surface area (Å²) in [5.74, 6) is -2.21. The molecule has 132 valence electrons. The number of nitrogens with one attached hydrogen (secondary N) is 1. The summed E-state index contributed by atoms with van der Waals surface area (Å²) in [7, 11) is 0. The van der Waals surface area contributed by atoms with E-state index < -0.39 is 11.6 Å². The number of carbonyl (C=O) groups is 1. The Balaban J connectivity index is 1.69. The van der Waals surface area contributed by atoms with Gasteiger partial charge >= 0.3 is 0 Å². The van der Waals surface area contributed by atoms with Gasteiger partial charge < -0.3 is 10.6 Å². The van der Waals surface area contributed by atoms with Crippen LogP contribution in [0.5, 0.6) is 0 Å². The van der Waals surface area contributed by atoms with Gasteiger partial charge in [0.25, 0.3) is 5.91 Å². The molecule has 1 amide bonds. The van der Waals surface area contributed by atoms with E-state index in [1.807, 2.05) is 66.0 Å². The fourth-order valence-corrected chi connectivity index (χ4v) is 2.80. The maximum Gasteiger partial charge on any atom is 0.279 e. The van der Waals surface area contributed by atoms with Crippen LogP contribution in [0.1, 0.15) is 17.2 Å². The van der Waals surface area contributed by atoms with Gasteiger partial charge in [0.2, 0.25) is 0 Å². The van der Waals surface area contributed by atoms with Crippen LogP contribution in [-0.4, -0.2) is 12.5 Å². The van der Waals surface area contributed by atoms with Gasteiger partial charge in [-0.1, -0.05) is 60.7 Å². The SMILES string of the molecule is O=C(C[NH2+]C(c1ccccc1)c1ccccc1)Nc1ccc(F)c(F)c1. The number of carbonyl (C=O) groups excluding carboxylic acids is 1. The average Bonchev–Trinajstić information content (AvgIpc) is 2.67. The topological polar surface area (TPSA) is 45.7 Å². The Morgan fingerprint density at radius 2 is 1.42 bits per heavy atom. The molecule has 3 aromatic rings. The number of benzene rings is 3. The zero-order chi connectivity index (χ0) is 18.4. The molecule has 0 saturated carbocycles. The highest BCUT2D eigenvalue weighted by molar-refractivity contribution is 5.91. The Hall–Kier alpha value is -3.05. The molecule has 0 atom stereocenters. The Labute approximate surface area is 150 Å². The molecule has 0 spiro atoms. The molecule has 3 N–H and O–H groups in total. The summed E-state index contributed by atoms with van der Waals surface area (Å²) >= 11 is 0. The van der Waals surface area contributed by atoms with Crippen molar-refractivity contribution in [2.75, 3.05) is 11.9 Å². The molecule has 3 rings (SSSR count). The number of amides is 1. The number of nitrogens with two attached hydrogens (primary N) is 1. The fraction of sp³-hybridized carbons (Fsp3) is 0.0952. The van der Waals surface area contributed by atoms with E-state index in [0.29, 0.717) is 0 Å². The molecule has 0 aromatic heterocycles. The van der Waals surface area contributed by atoms with Gasteiger partial charge in [-0.2, -0.15) is 0 Å². The van der Waals surface area contributed by atoms with E-state index in [2.05, 4.69) is 5.32 Å². The summed E-state index contributed by atoms with van der Waals surface area (Å²) in [4.78, 5) is 12.2. The van der Waals surface area contributed by atoms with Crippen LogP contribution in [-0.2, 0) is 4.79 Å². The van der Waals surface area contributed by atoms with Crippen LogP contribution >= 0.6 is 0 Å². The van der Waals surface area contributed by atoms with Crippen LogP contribution in [0.4, 0.5) is 14.5 Å². The van der Waals surface area contributed by atoms with E-state index in [0.717, 1.165) is 23.3 Å². The predicted molar refractivity (Wildman–Crippen MR) is 96.5 cm³/mol. The van der Waals surface area contributed by atoms with Crippen molar-refractivity contribution in [1.29, 1.82) is 0 Å². The van der Waals surface area contributed by atoms with Gasteiger partial charge in [0.15, 0.2) is 18.2 Å². The average molecular weight is 353 g/mol. The summed E-state index contributed by atoms with van der Waals surface area (Å²) in [5, 5.41) is 4.51. The Morgan fingerprint density at radius 1 is 0.846 bits per heavy atom. The van der Waals surface area contributed by atoms with Crippen LogP contribution in [0.25, 0.3) is 0 Å². The molecule has 3 nitrogen and oxygen atoms in total. The molecule has 0 aliphatic rings. The first-order valence-corrected chi connectivity index (χ1v) is 8.31. The molecule has 0 fully saturated rings. The lowest BCUT2D eigenvalue weighted by molar-refractivity contribution is -0.676. The van der Waals surface area contributed by atoms with E-state index in [1.54, 1.807) is 0 Å². The first-order valence-electron chi connectivity index (χ1n) is 8.31. The zero-order valence-corrected chi connectivity index (χ0v) is 14.0. The lowest BCUT2D eigenvalue weighted by Gasteiger charge is -2.16. The van der Waals surface area contributed by atoms with E-state index in [9.17, 15) is 13.6 Å². The van der Waals surface area contributed by atoms with Gasteiger partial charge in [-0.15, -0.1) is 0 Å². The molecule has 0 radical (unpaired) electrons. The maximum atomic E-state index is 13.3. The first-order chi connectivity index (χ1) is 12.6. The second kappa shape index (κ2) is 8.36. The number of anilines is 1. The number of quaternary nitrogens is 1. The number of hydrogen-bond donors (Lipinski definition) is 2. The molecule has 0 saturated heterocycles. The van der Waals surface area contributed by atoms with Crippen molar-refractivity contribution >= 4 is 11.6 Å². The molecular formula is C21H19F2N2O+. The Bertz CT molecular complexity index is 830. The third kappa shape index (κ3) is 4.52. The summed E-state index contributed by atoms with van der Waals surface area (Å²) in [6.07, 6.45) is 0. The van der Waals surface area contributed by atoms with Gasteiger partial charge in [-0.3, -0.25) is 4.79 Å². The van der Waals surface area contributed by atoms with Crippen molar-refractivity contribution in [3.05, 3.63) is 102 Å². The van der Waals surface area contributed by atoms with E-state index in [4.69, 9.17) is 0 Å². The molecule has 0 aliphatic carbocycles. The van der Waals surface area contributed by atoms with Crippen LogP contribution in [0.15, 0.2) is 78.9 Å². The minimum atomic E-state index is -0.988. The molecule has 0 unspecified atom stereocenters. The van der Waals surface area contributed by atoms with Gasteiger partial charge in [0, 0.05) is 22.9 Å². The summed E-state index contributed by atoms with van der Waals surface area (Å²) in [6.45, 7) is 0.146. The highest BCUT2D eigenvalue weighted by Crippen LogP contribution is 2.17. The first kappa shape index (κ1) is 17.8. The van der Waals surface area contributed by atoms with Gasteiger partial charge in [-0.05, 0) is 12.1 Å². The van der Waals surface area contributed by atoms with E-state index in [-0.39, 0.29) is 24.2 Å². The molecule has 0 bridgehead atoms. The molecule has 26 heavy (non-hydrogen) atoms. The minimum Gasteiger partial charge on any atom is -0.328 e. The highest BCUT2D eigenvalue weighted by atomic mass is 19.2. The van der Waals surface area contributed by atoms with Gasteiger partial charge in [0.05, 0.1) is 0 Å². The molecular weight excluding hydrogens is 334 g/mol. The van der Waals surface area contributed by atoms with Crippen molar-refractivity contribution in [1.82, 2.24) is 0 Å². The molecule has 0 aliphatic heterocycles. The third-order valence-electron chi connectivity index (χ3n) is 4.06. The molecule has 5 heteroatoms. The van der Waals surface area contributed by atoms with Crippen molar-refractivity contribution in [3.8, 4) is 0 Å². The normalized spacial score (nSPS) is 10.7. The van der Waals surface area contributed by atoms with E-state index >= 15 is 0 Å².